The van der Waals surface area contributed by atoms with Crippen molar-refractivity contribution in [2.75, 3.05) is 4.90 Å². The van der Waals surface area contributed by atoms with Gasteiger partial charge in [0.05, 0.1) is 10.8 Å². The second-order valence-corrected chi connectivity index (χ2v) is 21.1. The molecule has 1 nitrogen and oxygen atoms in total. The molecule has 2 aliphatic carbocycles. The van der Waals surface area contributed by atoms with Crippen molar-refractivity contribution in [1.82, 2.24) is 0 Å². The fourth-order valence-corrected chi connectivity index (χ4v) is 12.3. The summed E-state index contributed by atoms with van der Waals surface area (Å²) >= 11 is 0. The minimum atomic E-state index is -0.573. The molecule has 344 valence electrons. The molecule has 1 heteroatoms. The van der Waals surface area contributed by atoms with E-state index in [2.05, 4.69) is 289 Å². The predicted molar refractivity (Wildman–Crippen MR) is 299 cm³/mol. The van der Waals surface area contributed by atoms with Crippen LogP contribution in [0.2, 0.25) is 0 Å². The zero-order valence-corrected chi connectivity index (χ0v) is 41.6. The van der Waals surface area contributed by atoms with E-state index in [1.165, 1.54) is 94.6 Å². The first kappa shape index (κ1) is 44.2. The molecule has 71 heavy (non-hydrogen) atoms. The molecule has 0 fully saturated rings. The minimum Gasteiger partial charge on any atom is -0.310 e. The minimum absolute atomic E-state index is 0.0244. The predicted octanol–water partition coefficient (Wildman–Crippen LogP) is 18.3. The average molecular weight is 914 g/mol. The van der Waals surface area contributed by atoms with Crippen molar-refractivity contribution < 1.29 is 0 Å². The molecule has 0 saturated heterocycles. The van der Waals surface area contributed by atoms with E-state index < -0.39 is 10.8 Å². The molecule has 2 aliphatic rings. The Morgan fingerprint density at radius 3 is 1.35 bits per heavy atom. The second-order valence-electron chi connectivity index (χ2n) is 21.1. The molecule has 0 saturated carbocycles. The summed E-state index contributed by atoms with van der Waals surface area (Å²) in [5.74, 6) is 0.381. The molecular formula is C70H59N. The van der Waals surface area contributed by atoms with Gasteiger partial charge in [-0.2, -0.15) is 0 Å². The molecule has 0 N–H and O–H groups in total. The maximum absolute atomic E-state index is 2.53. The molecular weight excluding hydrogens is 855 g/mol. The van der Waals surface area contributed by atoms with Crippen molar-refractivity contribution in [2.24, 2.45) is 0 Å². The summed E-state index contributed by atoms with van der Waals surface area (Å²) in [6.07, 6.45) is 0. The zero-order chi connectivity index (χ0) is 48.5. The maximum Gasteiger partial charge on any atom is 0.0714 e. The highest BCUT2D eigenvalue weighted by molar-refractivity contribution is 5.93. The van der Waals surface area contributed by atoms with Crippen LogP contribution >= 0.6 is 0 Å². The van der Waals surface area contributed by atoms with Gasteiger partial charge in [0.15, 0.2) is 0 Å². The van der Waals surface area contributed by atoms with Crippen molar-refractivity contribution in [3.8, 4) is 33.4 Å². The molecule has 0 amide bonds. The largest absolute Gasteiger partial charge is 0.310 e. The third-order valence-electron chi connectivity index (χ3n) is 15.6. The summed E-state index contributed by atoms with van der Waals surface area (Å²) in [5.41, 5.74) is 23.8. The maximum atomic E-state index is 2.53. The van der Waals surface area contributed by atoms with E-state index in [1.807, 2.05) is 0 Å². The number of hydrogen-bond donors (Lipinski definition) is 0. The van der Waals surface area contributed by atoms with Gasteiger partial charge in [0.2, 0.25) is 0 Å². The summed E-state index contributed by atoms with van der Waals surface area (Å²) in [6.45, 7) is 13.7. The smallest absolute Gasteiger partial charge is 0.0714 e. The quantitative estimate of drug-likeness (QED) is 0.139. The molecule has 0 spiro atoms. The standard InChI is InChI=1S/C70H59N/c1-47(2)50-23-20-28-56(43-50)70(54-26-14-9-15-27-54)65-32-19-17-30-61(65)63-40-38-58(46-67(63)70)71(59-42-48(3)41-51(44-59)49-21-10-7-11-22-49)57-37-39-62-60-29-16-18-31-64(60)69(66(62)45-57,53-24-12-8-13-25-53)55-35-33-52(34-36-55)68(4,5)6/h7-47H,1-6H3. The van der Waals surface area contributed by atoms with E-state index in [1.54, 1.807) is 0 Å². The zero-order valence-electron chi connectivity index (χ0n) is 41.6. The van der Waals surface area contributed by atoms with Crippen LogP contribution in [0.25, 0.3) is 33.4 Å². The monoisotopic (exact) mass is 913 g/mol. The third kappa shape index (κ3) is 7.04. The van der Waals surface area contributed by atoms with Crippen molar-refractivity contribution in [2.45, 2.75) is 63.7 Å². The Bertz CT molecular complexity index is 3600. The number of benzene rings is 10. The molecule has 0 bridgehead atoms. The Balaban J connectivity index is 1.15. The van der Waals surface area contributed by atoms with Crippen molar-refractivity contribution in [3.05, 3.63) is 304 Å². The Kier molecular flexibility index (Phi) is 10.7. The molecule has 2 unspecified atom stereocenters. The fraction of sp³-hybridized carbons (Fsp3) is 0.143. The normalized spacial score (nSPS) is 16.5. The number of nitrogens with zero attached hydrogens (tertiary/aromatic N) is 1. The molecule has 10 aromatic carbocycles. The molecule has 0 radical (unpaired) electrons. The first-order chi connectivity index (χ1) is 34.6. The van der Waals surface area contributed by atoms with Gasteiger partial charge >= 0.3 is 0 Å². The van der Waals surface area contributed by atoms with Gasteiger partial charge in [-0.1, -0.05) is 241 Å². The van der Waals surface area contributed by atoms with Gasteiger partial charge in [-0.15, -0.1) is 0 Å². The van der Waals surface area contributed by atoms with Crippen LogP contribution in [0.4, 0.5) is 17.1 Å². The van der Waals surface area contributed by atoms with E-state index in [0.29, 0.717) is 5.92 Å². The summed E-state index contributed by atoms with van der Waals surface area (Å²) in [6, 6.07) is 92.0. The van der Waals surface area contributed by atoms with E-state index in [4.69, 9.17) is 0 Å². The molecule has 2 atom stereocenters. The molecule has 0 aliphatic heterocycles. The van der Waals surface area contributed by atoms with Gasteiger partial charge in [0, 0.05) is 17.1 Å². The highest BCUT2D eigenvalue weighted by atomic mass is 15.1. The molecule has 0 aromatic heterocycles. The van der Waals surface area contributed by atoms with Gasteiger partial charge < -0.3 is 4.90 Å². The van der Waals surface area contributed by atoms with Crippen LogP contribution in [0.5, 0.6) is 0 Å². The van der Waals surface area contributed by atoms with Crippen LogP contribution in [0, 0.1) is 6.92 Å². The first-order valence-corrected chi connectivity index (χ1v) is 25.4. The van der Waals surface area contributed by atoms with Gasteiger partial charge in [0.1, 0.15) is 0 Å². The van der Waals surface area contributed by atoms with E-state index >= 15 is 0 Å². The van der Waals surface area contributed by atoms with Crippen molar-refractivity contribution >= 4 is 17.1 Å². The Labute approximate surface area is 420 Å². The van der Waals surface area contributed by atoms with Gasteiger partial charge in [-0.25, -0.2) is 0 Å². The van der Waals surface area contributed by atoms with Crippen molar-refractivity contribution in [3.63, 3.8) is 0 Å². The van der Waals surface area contributed by atoms with Crippen LogP contribution in [-0.2, 0) is 16.2 Å². The third-order valence-corrected chi connectivity index (χ3v) is 15.6. The first-order valence-electron chi connectivity index (χ1n) is 25.4. The van der Waals surface area contributed by atoms with Crippen molar-refractivity contribution in [1.29, 1.82) is 0 Å². The SMILES string of the molecule is Cc1cc(-c2ccccc2)cc(N(c2ccc3c(c2)C(c2ccccc2)(c2ccc(C(C)(C)C)cc2)c2ccccc2-3)c2ccc3c(c2)C(c2ccccc2)(c2cccc(C(C)C)c2)c2ccccc2-3)c1. The summed E-state index contributed by atoms with van der Waals surface area (Å²) in [4.78, 5) is 2.53. The van der Waals surface area contributed by atoms with Gasteiger partial charge in [0.25, 0.3) is 0 Å². The number of rotatable bonds is 9. The fourth-order valence-electron chi connectivity index (χ4n) is 12.3. The Hall–Kier alpha value is -8.00. The van der Waals surface area contributed by atoms with Crippen LogP contribution in [0.1, 0.15) is 102 Å². The van der Waals surface area contributed by atoms with E-state index in [9.17, 15) is 0 Å². The second kappa shape index (κ2) is 17.1. The van der Waals surface area contributed by atoms with E-state index in [-0.39, 0.29) is 5.41 Å². The number of aryl methyl sites for hydroxylation is 1. The lowest BCUT2D eigenvalue weighted by atomic mass is 9.67. The van der Waals surface area contributed by atoms with E-state index in [0.717, 1.165) is 17.1 Å². The molecule has 12 rings (SSSR count). The number of anilines is 3. The topological polar surface area (TPSA) is 3.24 Å². The average Bonchev–Trinajstić information content (AvgIpc) is 3.87. The van der Waals surface area contributed by atoms with Gasteiger partial charge in [-0.05, 0) is 149 Å². The van der Waals surface area contributed by atoms with Crippen LogP contribution in [-0.4, -0.2) is 0 Å². The lowest BCUT2D eigenvalue weighted by Gasteiger charge is -2.36. The summed E-state index contributed by atoms with van der Waals surface area (Å²) < 4.78 is 0. The molecule has 10 aromatic rings. The highest BCUT2D eigenvalue weighted by Crippen LogP contribution is 2.60. The summed E-state index contributed by atoms with van der Waals surface area (Å²) in [7, 11) is 0. The Morgan fingerprint density at radius 2 is 0.817 bits per heavy atom. The lowest BCUT2D eigenvalue weighted by Crippen LogP contribution is -2.29. The lowest BCUT2D eigenvalue weighted by molar-refractivity contribution is 0.589. The molecule has 0 heterocycles. The van der Waals surface area contributed by atoms with Crippen LogP contribution in [0.3, 0.4) is 0 Å². The number of hydrogen-bond acceptors (Lipinski definition) is 1. The van der Waals surface area contributed by atoms with Gasteiger partial charge in [-0.3, -0.25) is 0 Å². The highest BCUT2D eigenvalue weighted by Gasteiger charge is 2.48. The Morgan fingerprint density at radius 1 is 0.352 bits per heavy atom. The van der Waals surface area contributed by atoms with Crippen LogP contribution < -0.4 is 4.90 Å². The number of fused-ring (bicyclic) bond motifs is 6. The summed E-state index contributed by atoms with van der Waals surface area (Å²) in [5, 5.41) is 0. The van der Waals surface area contributed by atoms with Crippen LogP contribution in [0.15, 0.2) is 243 Å².